The minimum Gasteiger partial charge on any atom is -0.497 e. The molecule has 3 nitrogen and oxygen atoms in total. The van der Waals surface area contributed by atoms with Crippen LogP contribution in [0.5, 0.6) is 5.75 Å². The van der Waals surface area contributed by atoms with Gasteiger partial charge >= 0.3 is 5.97 Å². The predicted octanol–water partition coefficient (Wildman–Crippen LogP) is 3.40. The number of hydrogen-bond donors (Lipinski definition) is 0. The second-order valence-corrected chi connectivity index (χ2v) is 5.10. The molecule has 0 atom stereocenters. The van der Waals surface area contributed by atoms with Crippen molar-refractivity contribution >= 4 is 5.97 Å². The van der Waals surface area contributed by atoms with Gasteiger partial charge in [0, 0.05) is 12.0 Å². The zero-order valence-corrected chi connectivity index (χ0v) is 13.5. The van der Waals surface area contributed by atoms with Gasteiger partial charge in [-0.3, -0.25) is 4.79 Å². The van der Waals surface area contributed by atoms with Gasteiger partial charge in [0.2, 0.25) is 0 Å². The first-order chi connectivity index (χ1) is 11.2. The van der Waals surface area contributed by atoms with E-state index in [1.165, 1.54) is 12.7 Å². The molecule has 0 amide bonds. The summed E-state index contributed by atoms with van der Waals surface area (Å²) in [4.78, 5) is 11.2. The summed E-state index contributed by atoms with van der Waals surface area (Å²) in [5.74, 6) is 6.94. The van der Waals surface area contributed by atoms with Crippen LogP contribution in [-0.4, -0.2) is 20.2 Å². The summed E-state index contributed by atoms with van der Waals surface area (Å²) in [6.07, 6.45) is 2.00. The summed E-state index contributed by atoms with van der Waals surface area (Å²) in [6.45, 7) is 0. The minimum atomic E-state index is -0.219. The van der Waals surface area contributed by atoms with Crippen molar-refractivity contribution in [2.45, 2.75) is 19.3 Å². The lowest BCUT2D eigenvalue weighted by atomic mass is 10.1. The molecule has 3 heteroatoms. The van der Waals surface area contributed by atoms with Gasteiger partial charge in [0.1, 0.15) is 5.75 Å². The fourth-order valence-electron chi connectivity index (χ4n) is 2.11. The molecule has 0 spiro atoms. The Labute approximate surface area is 137 Å². The molecule has 2 rings (SSSR count). The summed E-state index contributed by atoms with van der Waals surface area (Å²) >= 11 is 0. The lowest BCUT2D eigenvalue weighted by molar-refractivity contribution is -0.139. The van der Waals surface area contributed by atoms with Crippen molar-refractivity contribution < 1.29 is 14.3 Å². The number of rotatable bonds is 5. The van der Waals surface area contributed by atoms with E-state index in [1.807, 2.05) is 48.5 Å². The second-order valence-electron chi connectivity index (χ2n) is 5.10. The van der Waals surface area contributed by atoms with E-state index in [0.717, 1.165) is 29.7 Å². The molecule has 0 saturated carbocycles. The summed E-state index contributed by atoms with van der Waals surface area (Å²) in [7, 11) is 3.05. The van der Waals surface area contributed by atoms with E-state index in [1.54, 1.807) is 7.11 Å². The summed E-state index contributed by atoms with van der Waals surface area (Å²) in [5, 5.41) is 0. The van der Waals surface area contributed by atoms with Gasteiger partial charge in [0.05, 0.1) is 20.6 Å². The second kappa shape index (κ2) is 8.65. The molecule has 0 N–H and O–H groups in total. The van der Waals surface area contributed by atoms with Gasteiger partial charge in [-0.05, 0) is 41.8 Å². The fraction of sp³-hybridized carbons (Fsp3) is 0.250. The maximum Gasteiger partial charge on any atom is 0.309 e. The summed E-state index contributed by atoms with van der Waals surface area (Å²) in [6, 6.07) is 15.7. The van der Waals surface area contributed by atoms with E-state index in [0.29, 0.717) is 6.42 Å². The number of esters is 1. The Hall–Kier alpha value is -2.73. The third-order valence-electron chi connectivity index (χ3n) is 3.46. The van der Waals surface area contributed by atoms with Gasteiger partial charge < -0.3 is 9.47 Å². The molecule has 2 aromatic rings. The molecule has 0 saturated heterocycles. The molecule has 0 unspecified atom stereocenters. The highest BCUT2D eigenvalue weighted by atomic mass is 16.5. The fourth-order valence-corrected chi connectivity index (χ4v) is 2.11. The molecule has 0 bridgehead atoms. The Morgan fingerprint density at radius 1 is 0.957 bits per heavy atom. The zero-order valence-electron chi connectivity index (χ0n) is 13.5. The van der Waals surface area contributed by atoms with Crippen molar-refractivity contribution in [2.24, 2.45) is 0 Å². The topological polar surface area (TPSA) is 35.5 Å². The third-order valence-corrected chi connectivity index (χ3v) is 3.46. The van der Waals surface area contributed by atoms with Crippen LogP contribution in [0.1, 0.15) is 23.1 Å². The smallest absolute Gasteiger partial charge is 0.309 e. The predicted molar refractivity (Wildman–Crippen MR) is 90.4 cm³/mol. The van der Waals surface area contributed by atoms with E-state index in [9.17, 15) is 4.79 Å². The van der Waals surface area contributed by atoms with Crippen molar-refractivity contribution in [1.29, 1.82) is 0 Å². The highest BCUT2D eigenvalue weighted by Crippen LogP contribution is 2.11. The Morgan fingerprint density at radius 2 is 1.61 bits per heavy atom. The van der Waals surface area contributed by atoms with Crippen molar-refractivity contribution in [1.82, 2.24) is 0 Å². The molecule has 0 aromatic heterocycles. The number of hydrogen-bond acceptors (Lipinski definition) is 3. The first-order valence-electron chi connectivity index (χ1n) is 7.49. The number of aryl methyl sites for hydroxylation is 1. The van der Waals surface area contributed by atoms with Crippen LogP contribution in [0.2, 0.25) is 0 Å². The number of methoxy groups -OCH3 is 2. The maximum absolute atomic E-state index is 11.2. The van der Waals surface area contributed by atoms with Crippen molar-refractivity contribution in [3.05, 3.63) is 65.2 Å². The zero-order chi connectivity index (χ0) is 16.5. The summed E-state index contributed by atoms with van der Waals surface area (Å²) < 4.78 is 9.77. The van der Waals surface area contributed by atoms with Gasteiger partial charge in [-0.1, -0.05) is 36.1 Å². The molecule has 0 fully saturated rings. The van der Waals surface area contributed by atoms with Gasteiger partial charge in [-0.25, -0.2) is 0 Å². The van der Waals surface area contributed by atoms with E-state index in [4.69, 9.17) is 4.74 Å². The van der Waals surface area contributed by atoms with Crippen LogP contribution in [0.3, 0.4) is 0 Å². The van der Waals surface area contributed by atoms with Gasteiger partial charge in [0.15, 0.2) is 0 Å². The SMILES string of the molecule is COC(=O)Cc1ccc(CCC#Cc2ccc(OC)cc2)cc1. The monoisotopic (exact) mass is 308 g/mol. The first kappa shape index (κ1) is 16.6. The molecular formula is C20H20O3. The quantitative estimate of drug-likeness (QED) is 0.627. The number of ether oxygens (including phenoxy) is 2. The van der Waals surface area contributed by atoms with Crippen molar-refractivity contribution in [3.8, 4) is 17.6 Å². The highest BCUT2D eigenvalue weighted by molar-refractivity contribution is 5.72. The van der Waals surface area contributed by atoms with Crippen LogP contribution >= 0.6 is 0 Å². The molecule has 0 aliphatic rings. The Balaban J connectivity index is 1.84. The summed E-state index contributed by atoms with van der Waals surface area (Å²) in [5.41, 5.74) is 3.16. The van der Waals surface area contributed by atoms with Crippen LogP contribution in [0.4, 0.5) is 0 Å². The van der Waals surface area contributed by atoms with Gasteiger partial charge in [-0.15, -0.1) is 0 Å². The van der Waals surface area contributed by atoms with Crippen LogP contribution in [0.25, 0.3) is 0 Å². The normalized spacial score (nSPS) is 9.65. The van der Waals surface area contributed by atoms with E-state index in [2.05, 4.69) is 16.6 Å². The minimum absolute atomic E-state index is 0.219. The lowest BCUT2D eigenvalue weighted by Crippen LogP contribution is -2.04. The van der Waals surface area contributed by atoms with Gasteiger partial charge in [-0.2, -0.15) is 0 Å². The van der Waals surface area contributed by atoms with E-state index in [-0.39, 0.29) is 5.97 Å². The van der Waals surface area contributed by atoms with Crippen LogP contribution in [0.15, 0.2) is 48.5 Å². The van der Waals surface area contributed by atoms with Crippen LogP contribution < -0.4 is 4.74 Å². The third kappa shape index (κ3) is 5.52. The number of carbonyl (C=O) groups is 1. The highest BCUT2D eigenvalue weighted by Gasteiger charge is 2.02. The largest absolute Gasteiger partial charge is 0.497 e. The maximum atomic E-state index is 11.2. The molecular weight excluding hydrogens is 288 g/mol. The molecule has 0 aliphatic carbocycles. The molecule has 0 radical (unpaired) electrons. The number of carbonyl (C=O) groups excluding carboxylic acids is 1. The van der Waals surface area contributed by atoms with Gasteiger partial charge in [0.25, 0.3) is 0 Å². The molecule has 0 heterocycles. The van der Waals surface area contributed by atoms with Crippen molar-refractivity contribution in [2.75, 3.05) is 14.2 Å². The van der Waals surface area contributed by atoms with E-state index >= 15 is 0 Å². The standard InChI is InChI=1S/C20H20O3/c1-22-19-13-11-17(12-14-19)6-4-3-5-16-7-9-18(10-8-16)15-20(21)23-2/h7-14H,3,5,15H2,1-2H3. The average Bonchev–Trinajstić information content (AvgIpc) is 2.60. The lowest BCUT2D eigenvalue weighted by Gasteiger charge is -2.02. The number of benzene rings is 2. The Morgan fingerprint density at radius 3 is 2.22 bits per heavy atom. The van der Waals surface area contributed by atoms with E-state index < -0.39 is 0 Å². The van der Waals surface area contributed by atoms with Crippen molar-refractivity contribution in [3.63, 3.8) is 0 Å². The van der Waals surface area contributed by atoms with Crippen LogP contribution in [0, 0.1) is 11.8 Å². The molecule has 23 heavy (non-hydrogen) atoms. The Bertz CT molecular complexity index is 688. The molecule has 2 aromatic carbocycles. The van der Waals surface area contributed by atoms with Crippen LogP contribution in [-0.2, 0) is 22.4 Å². The molecule has 0 aliphatic heterocycles. The molecule has 118 valence electrons. The average molecular weight is 308 g/mol. The Kier molecular flexibility index (Phi) is 6.26. The first-order valence-corrected chi connectivity index (χ1v) is 7.49.